The average Bonchev–Trinajstić information content (AvgIpc) is 2.61. The zero-order valence-electron chi connectivity index (χ0n) is 13.9. The van der Waals surface area contributed by atoms with E-state index in [4.69, 9.17) is 14.2 Å². The van der Waals surface area contributed by atoms with Gasteiger partial charge in [0, 0.05) is 17.5 Å². The third kappa shape index (κ3) is 4.37. The Labute approximate surface area is 136 Å². The molecule has 0 radical (unpaired) electrons. The molecule has 1 aromatic rings. The molecule has 1 amide bonds. The number of amides is 1. The number of nitrogens with zero attached hydrogens (tertiary/aromatic N) is 1. The lowest BCUT2D eigenvalue weighted by Crippen LogP contribution is -2.28. The molecule has 23 heavy (non-hydrogen) atoms. The van der Waals surface area contributed by atoms with Gasteiger partial charge in [-0.05, 0) is 18.9 Å². The molecule has 0 atom stereocenters. The van der Waals surface area contributed by atoms with Gasteiger partial charge in [-0.3, -0.25) is 4.79 Å². The molecule has 0 saturated heterocycles. The summed E-state index contributed by atoms with van der Waals surface area (Å²) in [6, 6.07) is 3.48. The van der Waals surface area contributed by atoms with Gasteiger partial charge in [-0.2, -0.15) is 5.10 Å². The molecule has 0 spiro atoms. The zero-order valence-corrected chi connectivity index (χ0v) is 13.9. The lowest BCUT2D eigenvalue weighted by atomic mass is 9.89. The maximum Gasteiger partial charge on any atom is 0.243 e. The Balaban J connectivity index is 2.07. The van der Waals surface area contributed by atoms with Gasteiger partial charge in [0.15, 0.2) is 11.5 Å². The molecule has 0 aromatic heterocycles. The molecule has 0 aliphatic heterocycles. The molecule has 1 saturated carbocycles. The second kappa shape index (κ2) is 8.41. The fraction of sp³-hybridized carbons (Fsp3) is 0.529. The Hall–Kier alpha value is -2.24. The van der Waals surface area contributed by atoms with Crippen molar-refractivity contribution in [1.82, 2.24) is 5.43 Å². The van der Waals surface area contributed by atoms with Gasteiger partial charge in [0.05, 0.1) is 27.5 Å². The summed E-state index contributed by atoms with van der Waals surface area (Å²) in [5.41, 5.74) is 3.32. The van der Waals surface area contributed by atoms with Crippen LogP contribution in [0, 0.1) is 5.92 Å². The van der Waals surface area contributed by atoms with Crippen LogP contribution in [0.25, 0.3) is 0 Å². The van der Waals surface area contributed by atoms with Crippen LogP contribution < -0.4 is 19.6 Å². The summed E-state index contributed by atoms with van der Waals surface area (Å²) in [4.78, 5) is 12.1. The normalized spacial score (nSPS) is 15.4. The lowest BCUT2D eigenvalue weighted by Gasteiger charge is -2.19. The van der Waals surface area contributed by atoms with Crippen LogP contribution in [0.1, 0.15) is 37.7 Å². The summed E-state index contributed by atoms with van der Waals surface area (Å²) in [6.45, 7) is 0. The smallest absolute Gasteiger partial charge is 0.243 e. The number of hydrogen-bond donors (Lipinski definition) is 1. The summed E-state index contributed by atoms with van der Waals surface area (Å²) in [5.74, 6) is 1.81. The number of hydrogen-bond acceptors (Lipinski definition) is 5. The Bertz CT molecular complexity index is 566. The standard InChI is InChI=1S/C17H24N2O4/c1-21-14-10-16(23-3)15(22-2)9-13(14)11-18-19-17(20)12-7-5-4-6-8-12/h9-12H,4-8H2,1-3H3,(H,19,20)/b18-11-. The Kier molecular flexibility index (Phi) is 6.26. The van der Waals surface area contributed by atoms with E-state index in [9.17, 15) is 4.79 Å². The first-order chi connectivity index (χ1) is 11.2. The van der Waals surface area contributed by atoms with E-state index in [0.29, 0.717) is 22.8 Å². The van der Waals surface area contributed by atoms with Crippen molar-refractivity contribution in [2.45, 2.75) is 32.1 Å². The van der Waals surface area contributed by atoms with Gasteiger partial charge >= 0.3 is 0 Å². The molecule has 0 bridgehead atoms. The van der Waals surface area contributed by atoms with Gasteiger partial charge in [0.1, 0.15) is 5.75 Å². The number of ether oxygens (including phenoxy) is 3. The van der Waals surface area contributed by atoms with Crippen molar-refractivity contribution >= 4 is 12.1 Å². The number of carbonyl (C=O) groups is 1. The van der Waals surface area contributed by atoms with Crippen LogP contribution in [-0.4, -0.2) is 33.5 Å². The fourth-order valence-electron chi connectivity index (χ4n) is 2.78. The van der Waals surface area contributed by atoms with Gasteiger partial charge in [-0.25, -0.2) is 5.43 Å². The minimum absolute atomic E-state index is 0.0135. The van der Waals surface area contributed by atoms with Crippen LogP contribution >= 0.6 is 0 Å². The Morgan fingerprint density at radius 3 is 2.26 bits per heavy atom. The number of nitrogens with one attached hydrogen (secondary N) is 1. The largest absolute Gasteiger partial charge is 0.496 e. The number of carbonyl (C=O) groups excluding carboxylic acids is 1. The van der Waals surface area contributed by atoms with Crippen molar-refractivity contribution in [2.24, 2.45) is 11.0 Å². The van der Waals surface area contributed by atoms with Crippen molar-refractivity contribution in [1.29, 1.82) is 0 Å². The van der Waals surface area contributed by atoms with E-state index >= 15 is 0 Å². The van der Waals surface area contributed by atoms with Crippen LogP contribution in [0.5, 0.6) is 17.2 Å². The molecule has 126 valence electrons. The Morgan fingerprint density at radius 2 is 1.65 bits per heavy atom. The number of rotatable bonds is 6. The second-order valence-corrected chi connectivity index (χ2v) is 5.52. The number of benzene rings is 1. The SMILES string of the molecule is COc1cc(OC)c(OC)cc1/C=N\NC(=O)C1CCCCC1. The minimum atomic E-state index is -0.0135. The van der Waals surface area contributed by atoms with Crippen LogP contribution in [-0.2, 0) is 4.79 Å². The first-order valence-electron chi connectivity index (χ1n) is 7.82. The molecule has 0 heterocycles. The molecule has 1 fully saturated rings. The summed E-state index contributed by atoms with van der Waals surface area (Å²) < 4.78 is 15.8. The predicted octanol–water partition coefficient (Wildman–Crippen LogP) is 2.74. The molecule has 1 aliphatic rings. The van der Waals surface area contributed by atoms with Crippen molar-refractivity contribution in [3.63, 3.8) is 0 Å². The van der Waals surface area contributed by atoms with Gasteiger partial charge in [-0.1, -0.05) is 19.3 Å². The molecule has 1 N–H and O–H groups in total. The third-order valence-electron chi connectivity index (χ3n) is 4.09. The molecule has 0 unspecified atom stereocenters. The van der Waals surface area contributed by atoms with Crippen molar-refractivity contribution in [3.05, 3.63) is 17.7 Å². The molecule has 1 aromatic carbocycles. The lowest BCUT2D eigenvalue weighted by molar-refractivity contribution is -0.125. The van der Waals surface area contributed by atoms with E-state index in [1.807, 2.05) is 0 Å². The number of hydrazone groups is 1. The summed E-state index contributed by atoms with van der Waals surface area (Å²) >= 11 is 0. The van der Waals surface area contributed by atoms with E-state index in [2.05, 4.69) is 10.5 Å². The van der Waals surface area contributed by atoms with Gasteiger partial charge in [0.25, 0.3) is 0 Å². The van der Waals surface area contributed by atoms with E-state index < -0.39 is 0 Å². The molecule has 2 rings (SSSR count). The molecular weight excluding hydrogens is 296 g/mol. The fourth-order valence-corrected chi connectivity index (χ4v) is 2.78. The highest BCUT2D eigenvalue weighted by atomic mass is 16.5. The van der Waals surface area contributed by atoms with Gasteiger partial charge < -0.3 is 14.2 Å². The highest BCUT2D eigenvalue weighted by Crippen LogP contribution is 2.33. The van der Waals surface area contributed by atoms with Crippen LogP contribution in [0.15, 0.2) is 17.2 Å². The molecular formula is C17H24N2O4. The van der Waals surface area contributed by atoms with Crippen LogP contribution in [0.4, 0.5) is 0 Å². The third-order valence-corrected chi connectivity index (χ3v) is 4.09. The molecule has 1 aliphatic carbocycles. The van der Waals surface area contributed by atoms with Gasteiger partial charge in [-0.15, -0.1) is 0 Å². The minimum Gasteiger partial charge on any atom is -0.496 e. The average molecular weight is 320 g/mol. The van der Waals surface area contributed by atoms with Crippen LogP contribution in [0.2, 0.25) is 0 Å². The zero-order chi connectivity index (χ0) is 16.7. The summed E-state index contributed by atoms with van der Waals surface area (Å²) in [5, 5.41) is 4.06. The highest BCUT2D eigenvalue weighted by Gasteiger charge is 2.20. The summed E-state index contributed by atoms with van der Waals surface area (Å²) in [6.07, 6.45) is 6.90. The first kappa shape index (κ1) is 17.1. The Morgan fingerprint density at radius 1 is 1.04 bits per heavy atom. The van der Waals surface area contributed by atoms with E-state index in [1.54, 1.807) is 39.7 Å². The monoisotopic (exact) mass is 320 g/mol. The molecule has 6 heteroatoms. The topological polar surface area (TPSA) is 69.2 Å². The maximum absolute atomic E-state index is 12.1. The first-order valence-corrected chi connectivity index (χ1v) is 7.82. The maximum atomic E-state index is 12.1. The van der Waals surface area contributed by atoms with Gasteiger partial charge in [0.2, 0.25) is 5.91 Å². The van der Waals surface area contributed by atoms with Crippen LogP contribution in [0.3, 0.4) is 0 Å². The van der Waals surface area contributed by atoms with Crippen molar-refractivity contribution < 1.29 is 19.0 Å². The highest BCUT2D eigenvalue weighted by molar-refractivity contribution is 5.87. The summed E-state index contributed by atoms with van der Waals surface area (Å²) in [7, 11) is 4.70. The molecule has 6 nitrogen and oxygen atoms in total. The number of methoxy groups -OCH3 is 3. The quantitative estimate of drug-likeness (QED) is 0.646. The predicted molar refractivity (Wildman–Crippen MR) is 88.4 cm³/mol. The van der Waals surface area contributed by atoms with E-state index in [0.717, 1.165) is 25.7 Å². The second-order valence-electron chi connectivity index (χ2n) is 5.52. The van der Waals surface area contributed by atoms with E-state index in [-0.39, 0.29) is 11.8 Å². The van der Waals surface area contributed by atoms with E-state index in [1.165, 1.54) is 6.42 Å². The van der Waals surface area contributed by atoms with Crippen molar-refractivity contribution in [2.75, 3.05) is 21.3 Å². The van der Waals surface area contributed by atoms with Crippen molar-refractivity contribution in [3.8, 4) is 17.2 Å².